The van der Waals surface area contributed by atoms with Crippen LogP contribution < -0.4 is 0 Å². The van der Waals surface area contributed by atoms with Crippen molar-refractivity contribution in [3.05, 3.63) is 70.5 Å². The highest BCUT2D eigenvalue weighted by molar-refractivity contribution is 6.11. The van der Waals surface area contributed by atoms with Crippen molar-refractivity contribution in [1.82, 2.24) is 4.90 Å². The van der Waals surface area contributed by atoms with E-state index in [0.717, 1.165) is 29.7 Å². The Morgan fingerprint density at radius 3 is 2.68 bits per heavy atom. The molecule has 2 nitrogen and oxygen atoms in total. The van der Waals surface area contributed by atoms with E-state index in [0.29, 0.717) is 12.0 Å². The summed E-state index contributed by atoms with van der Waals surface area (Å²) in [7, 11) is 4.09. The normalized spacial score (nSPS) is 17.1. The molecular weight excluding hydrogens is 277 g/mol. The molecule has 0 aromatic heterocycles. The molecule has 1 atom stereocenters. The molecule has 2 aromatic carbocycles. The van der Waals surface area contributed by atoms with Crippen molar-refractivity contribution >= 4 is 5.78 Å². The molecule has 1 aliphatic carbocycles. The lowest BCUT2D eigenvalue weighted by Gasteiger charge is -2.20. The molecule has 0 saturated heterocycles. The van der Waals surface area contributed by atoms with Crippen LogP contribution in [0.3, 0.4) is 0 Å². The molecule has 3 rings (SSSR count). The molecule has 22 heavy (non-hydrogen) atoms. The van der Waals surface area contributed by atoms with Gasteiger partial charge in [0.05, 0.1) is 0 Å². The summed E-state index contributed by atoms with van der Waals surface area (Å²) in [6.07, 6.45) is 1.66. The molecule has 0 bridgehead atoms. The number of rotatable bonds is 3. The topological polar surface area (TPSA) is 20.3 Å². The molecule has 0 radical (unpaired) electrons. The lowest BCUT2D eigenvalue weighted by Crippen LogP contribution is -2.17. The van der Waals surface area contributed by atoms with Gasteiger partial charge in [0, 0.05) is 11.1 Å². The highest BCUT2D eigenvalue weighted by Crippen LogP contribution is 2.34. The van der Waals surface area contributed by atoms with Crippen molar-refractivity contribution in [1.29, 1.82) is 0 Å². The highest BCUT2D eigenvalue weighted by Gasteiger charge is 2.27. The summed E-state index contributed by atoms with van der Waals surface area (Å²) in [5, 5.41) is 0. The maximum absolute atomic E-state index is 13.6. The summed E-state index contributed by atoms with van der Waals surface area (Å²) in [5.41, 5.74) is 3.31. The Morgan fingerprint density at radius 1 is 1.14 bits per heavy atom. The van der Waals surface area contributed by atoms with Gasteiger partial charge in [-0.1, -0.05) is 24.3 Å². The Kier molecular flexibility index (Phi) is 4.08. The SMILES string of the molecule is CN(C)CCC1Cc2cc(F)ccc2C(=O)c2ccccc21. The first-order valence-electron chi connectivity index (χ1n) is 7.63. The molecule has 1 unspecified atom stereocenters. The van der Waals surface area contributed by atoms with E-state index in [4.69, 9.17) is 0 Å². The van der Waals surface area contributed by atoms with E-state index in [1.807, 2.05) is 38.4 Å². The largest absolute Gasteiger partial charge is 0.309 e. The van der Waals surface area contributed by atoms with Crippen LogP contribution in [0.5, 0.6) is 0 Å². The third-order valence-electron chi connectivity index (χ3n) is 4.35. The molecular formula is C19H20FNO. The number of benzene rings is 2. The number of carbonyl (C=O) groups excluding carboxylic acids is 1. The second-order valence-corrected chi connectivity index (χ2v) is 6.21. The van der Waals surface area contributed by atoms with Gasteiger partial charge in [0.2, 0.25) is 0 Å². The van der Waals surface area contributed by atoms with Gasteiger partial charge in [-0.05, 0) is 68.7 Å². The smallest absolute Gasteiger partial charge is 0.193 e. The van der Waals surface area contributed by atoms with Crippen molar-refractivity contribution in [3.8, 4) is 0 Å². The molecule has 2 aromatic rings. The lowest BCUT2D eigenvalue weighted by atomic mass is 9.88. The predicted octanol–water partition coefficient (Wildman–Crippen LogP) is 3.65. The van der Waals surface area contributed by atoms with E-state index < -0.39 is 0 Å². The Hall–Kier alpha value is -2.00. The average Bonchev–Trinajstić information content (AvgIpc) is 2.61. The maximum atomic E-state index is 13.6. The van der Waals surface area contributed by atoms with Gasteiger partial charge in [0.15, 0.2) is 5.78 Å². The van der Waals surface area contributed by atoms with Crippen molar-refractivity contribution in [2.75, 3.05) is 20.6 Å². The predicted molar refractivity (Wildman–Crippen MR) is 85.9 cm³/mol. The fraction of sp³-hybridized carbons (Fsp3) is 0.316. The van der Waals surface area contributed by atoms with Gasteiger partial charge in [-0.25, -0.2) is 4.39 Å². The number of hydrogen-bond donors (Lipinski definition) is 0. The van der Waals surface area contributed by atoms with Crippen LogP contribution in [0.4, 0.5) is 4.39 Å². The number of hydrogen-bond acceptors (Lipinski definition) is 2. The minimum absolute atomic E-state index is 0.0120. The molecule has 3 heteroatoms. The molecule has 0 aliphatic heterocycles. The number of fused-ring (bicyclic) bond motifs is 2. The third-order valence-corrected chi connectivity index (χ3v) is 4.35. The van der Waals surface area contributed by atoms with Crippen LogP contribution in [0.15, 0.2) is 42.5 Å². The second kappa shape index (κ2) is 6.01. The van der Waals surface area contributed by atoms with E-state index in [9.17, 15) is 9.18 Å². The standard InChI is InChI=1S/C19H20FNO/c1-21(2)10-9-13-11-14-12-15(20)7-8-17(14)19(22)18-6-4-3-5-16(13)18/h3-8,12-13H,9-11H2,1-2H3. The number of carbonyl (C=O) groups is 1. The van der Waals surface area contributed by atoms with Crippen LogP contribution in [-0.2, 0) is 6.42 Å². The van der Waals surface area contributed by atoms with Gasteiger partial charge < -0.3 is 4.90 Å². The quantitative estimate of drug-likeness (QED) is 0.862. The van der Waals surface area contributed by atoms with Gasteiger partial charge in [-0.3, -0.25) is 4.79 Å². The molecule has 114 valence electrons. The third kappa shape index (κ3) is 2.81. The average molecular weight is 297 g/mol. The minimum atomic E-state index is -0.274. The van der Waals surface area contributed by atoms with E-state index in [1.165, 1.54) is 12.1 Å². The Balaban J connectivity index is 2.08. The van der Waals surface area contributed by atoms with Crippen molar-refractivity contribution in [2.45, 2.75) is 18.8 Å². The molecule has 0 fully saturated rings. The van der Waals surface area contributed by atoms with Crippen LogP contribution in [-0.4, -0.2) is 31.3 Å². The van der Waals surface area contributed by atoms with E-state index in [-0.39, 0.29) is 17.5 Å². The van der Waals surface area contributed by atoms with Crippen molar-refractivity contribution in [2.24, 2.45) is 0 Å². The van der Waals surface area contributed by atoms with Gasteiger partial charge >= 0.3 is 0 Å². The molecule has 0 N–H and O–H groups in total. The second-order valence-electron chi connectivity index (χ2n) is 6.21. The van der Waals surface area contributed by atoms with Crippen LogP contribution >= 0.6 is 0 Å². The molecule has 0 saturated carbocycles. The first-order valence-corrected chi connectivity index (χ1v) is 7.63. The molecule has 0 amide bonds. The molecule has 0 spiro atoms. The van der Waals surface area contributed by atoms with E-state index in [1.54, 1.807) is 6.07 Å². The number of ketones is 1. The number of nitrogens with zero attached hydrogens (tertiary/aromatic N) is 1. The minimum Gasteiger partial charge on any atom is -0.309 e. The maximum Gasteiger partial charge on any atom is 0.193 e. The highest BCUT2D eigenvalue weighted by atomic mass is 19.1. The van der Waals surface area contributed by atoms with Gasteiger partial charge in [0.1, 0.15) is 5.82 Å². The van der Waals surface area contributed by atoms with Crippen LogP contribution in [0.25, 0.3) is 0 Å². The zero-order chi connectivity index (χ0) is 15.7. The first kappa shape index (κ1) is 14.9. The van der Waals surface area contributed by atoms with Gasteiger partial charge in [-0.2, -0.15) is 0 Å². The number of halogens is 1. The monoisotopic (exact) mass is 297 g/mol. The summed E-state index contributed by atoms with van der Waals surface area (Å²) in [5.74, 6) is -0.0209. The molecule has 0 heterocycles. The van der Waals surface area contributed by atoms with Gasteiger partial charge in [-0.15, -0.1) is 0 Å². The van der Waals surface area contributed by atoms with Gasteiger partial charge in [0.25, 0.3) is 0 Å². The Bertz CT molecular complexity index is 708. The van der Waals surface area contributed by atoms with Crippen LogP contribution in [0, 0.1) is 5.82 Å². The summed E-state index contributed by atoms with van der Waals surface area (Å²) >= 11 is 0. The van der Waals surface area contributed by atoms with Crippen molar-refractivity contribution < 1.29 is 9.18 Å². The van der Waals surface area contributed by atoms with Crippen LogP contribution in [0.1, 0.15) is 39.4 Å². The summed E-state index contributed by atoms with van der Waals surface area (Å²) in [4.78, 5) is 14.9. The zero-order valence-electron chi connectivity index (χ0n) is 13.0. The van der Waals surface area contributed by atoms with Crippen LogP contribution in [0.2, 0.25) is 0 Å². The fourth-order valence-corrected chi connectivity index (χ4v) is 3.20. The Morgan fingerprint density at radius 2 is 1.91 bits per heavy atom. The first-order chi connectivity index (χ1) is 10.6. The van der Waals surface area contributed by atoms with E-state index in [2.05, 4.69) is 4.90 Å². The zero-order valence-corrected chi connectivity index (χ0v) is 13.0. The van der Waals surface area contributed by atoms with Crippen molar-refractivity contribution in [3.63, 3.8) is 0 Å². The Labute approximate surface area is 130 Å². The molecule has 1 aliphatic rings. The fourth-order valence-electron chi connectivity index (χ4n) is 3.20. The summed E-state index contributed by atoms with van der Waals surface area (Å²) in [6.45, 7) is 0.942. The summed E-state index contributed by atoms with van der Waals surface area (Å²) in [6, 6.07) is 12.3. The van der Waals surface area contributed by atoms with E-state index >= 15 is 0 Å². The summed E-state index contributed by atoms with van der Waals surface area (Å²) < 4.78 is 13.6. The lowest BCUT2D eigenvalue weighted by molar-refractivity contribution is 0.103.